The molecule has 0 aromatic heterocycles. The molecule has 3 aromatic carbocycles. The molecule has 16 heteroatoms. The second-order valence-corrected chi connectivity index (χ2v) is 11.2. The molecule has 0 spiro atoms. The average molecular weight is 608 g/mol. The number of hydrogen-bond acceptors (Lipinski definition) is 12. The van der Waals surface area contributed by atoms with Gasteiger partial charge in [-0.1, -0.05) is 6.92 Å². The number of ether oxygens (including phenoxy) is 2. The lowest BCUT2D eigenvalue weighted by Crippen LogP contribution is -2.37. The van der Waals surface area contributed by atoms with Gasteiger partial charge in [-0.05, 0) is 73.0 Å². The van der Waals surface area contributed by atoms with E-state index < -0.39 is 47.1 Å². The van der Waals surface area contributed by atoms with Gasteiger partial charge in [-0.2, -0.15) is 0 Å². The molecule has 0 heterocycles. The van der Waals surface area contributed by atoms with E-state index in [1.165, 1.54) is 38.5 Å². The van der Waals surface area contributed by atoms with Gasteiger partial charge in [-0.25, -0.2) is 8.87 Å². The molecule has 0 aliphatic rings. The van der Waals surface area contributed by atoms with Crippen LogP contribution in [0.2, 0.25) is 0 Å². The van der Waals surface area contributed by atoms with Crippen molar-refractivity contribution in [2.24, 2.45) is 0 Å². The van der Waals surface area contributed by atoms with Crippen molar-refractivity contribution in [2.75, 3.05) is 20.5 Å². The second-order valence-electron chi connectivity index (χ2n) is 8.22. The Hall–Kier alpha value is -4.33. The number of carbonyl (C=O) groups is 1. The summed E-state index contributed by atoms with van der Waals surface area (Å²) in [5, 5.41) is 32.8. The lowest BCUT2D eigenvalue weighted by Gasteiger charge is -2.30. The molecule has 0 saturated carbocycles. The topological polar surface area (TPSA) is 181 Å². The highest BCUT2D eigenvalue weighted by Gasteiger charge is 2.38. The maximum Gasteiger partial charge on any atom is 0.445 e. The minimum Gasteiger partial charge on any atom is -0.497 e. The highest BCUT2D eigenvalue weighted by molar-refractivity contribution is 7.97. The predicted molar refractivity (Wildman–Crippen MR) is 149 cm³/mol. The molecule has 0 radical (unpaired) electrons. The molecular weight excluding hydrogens is 581 g/mol. The van der Waals surface area contributed by atoms with Crippen LogP contribution in [0.5, 0.6) is 23.0 Å². The van der Waals surface area contributed by atoms with Crippen molar-refractivity contribution >= 4 is 36.9 Å². The number of nitro benzene ring substituents is 2. The average Bonchev–Trinajstić information content (AvgIpc) is 2.93. The van der Waals surface area contributed by atoms with Crippen LogP contribution >= 0.6 is 19.5 Å². The van der Waals surface area contributed by atoms with Gasteiger partial charge in [0.15, 0.2) is 0 Å². The molecule has 1 N–H and O–H groups in total. The van der Waals surface area contributed by atoms with Crippen LogP contribution in [-0.2, 0) is 9.36 Å². The lowest BCUT2D eigenvalue weighted by atomic mass is 10.2. The minimum atomic E-state index is -4.29. The molecule has 1 atom stereocenters. The van der Waals surface area contributed by atoms with Crippen molar-refractivity contribution in [1.82, 2.24) is 4.31 Å². The number of aliphatic carboxylic acids is 1. The highest BCUT2D eigenvalue weighted by atomic mass is 32.2. The zero-order valence-corrected chi connectivity index (χ0v) is 23.8. The number of nitro groups is 2. The normalized spacial score (nSPS) is 11.9. The largest absolute Gasteiger partial charge is 0.497 e. The standard InChI is InChI=1S/C25H26N3O11PS/c1-4-22(25(29)30)26(41-24-14-5-17(27(31)32)15-23(24)28(33)34)16-40(35,38-20-10-6-18(36-2)7-11-20)39-21-12-8-19(37-3)9-13-21/h5-15,22H,4,16H2,1-3H3,(H,29,30). The third kappa shape index (κ3) is 8.33. The van der Waals surface area contributed by atoms with Gasteiger partial charge in [0.1, 0.15) is 40.2 Å². The molecule has 41 heavy (non-hydrogen) atoms. The van der Waals surface area contributed by atoms with Crippen LogP contribution in [0.4, 0.5) is 11.4 Å². The van der Waals surface area contributed by atoms with Crippen molar-refractivity contribution in [3.63, 3.8) is 0 Å². The Morgan fingerprint density at radius 3 is 1.78 bits per heavy atom. The smallest absolute Gasteiger partial charge is 0.445 e. The van der Waals surface area contributed by atoms with Gasteiger partial charge in [0.25, 0.3) is 11.4 Å². The van der Waals surface area contributed by atoms with Crippen molar-refractivity contribution in [1.29, 1.82) is 0 Å². The summed E-state index contributed by atoms with van der Waals surface area (Å²) in [5.74, 6) is -0.0507. The van der Waals surface area contributed by atoms with Gasteiger partial charge in [0, 0.05) is 6.07 Å². The van der Waals surface area contributed by atoms with E-state index in [0.29, 0.717) is 23.4 Å². The van der Waals surface area contributed by atoms with Gasteiger partial charge >= 0.3 is 13.6 Å². The molecule has 14 nitrogen and oxygen atoms in total. The number of rotatable bonds is 15. The summed E-state index contributed by atoms with van der Waals surface area (Å²) in [5.41, 5.74) is -1.15. The van der Waals surface area contributed by atoms with E-state index in [-0.39, 0.29) is 22.8 Å². The molecule has 0 aliphatic carbocycles. The SMILES string of the molecule is CCC(C(=O)O)N(CP(=O)(Oc1ccc(OC)cc1)Oc1ccc(OC)cc1)Sc1ccc([N+](=O)[O-])cc1[N+](=O)[O-]. The lowest BCUT2D eigenvalue weighted by molar-refractivity contribution is -0.396. The van der Waals surface area contributed by atoms with E-state index in [9.17, 15) is 34.7 Å². The van der Waals surface area contributed by atoms with Crippen molar-refractivity contribution in [2.45, 2.75) is 24.3 Å². The van der Waals surface area contributed by atoms with Gasteiger partial charge in [-0.15, -0.1) is 0 Å². The summed E-state index contributed by atoms with van der Waals surface area (Å²) >= 11 is 0.601. The number of non-ortho nitro benzene ring substituents is 1. The number of carboxylic acid groups (broad SMARTS) is 1. The van der Waals surface area contributed by atoms with E-state index in [1.807, 2.05) is 0 Å². The first-order valence-electron chi connectivity index (χ1n) is 11.8. The predicted octanol–water partition coefficient (Wildman–Crippen LogP) is 6.00. The first kappa shape index (κ1) is 31.2. The Labute approximate surface area is 238 Å². The van der Waals surface area contributed by atoms with E-state index in [0.717, 1.165) is 22.5 Å². The molecule has 0 bridgehead atoms. The Kier molecular flexibility index (Phi) is 10.5. The summed E-state index contributed by atoms with van der Waals surface area (Å²) in [4.78, 5) is 33.4. The zero-order chi connectivity index (χ0) is 30.2. The fourth-order valence-corrected chi connectivity index (χ4v) is 6.71. The van der Waals surface area contributed by atoms with Gasteiger partial charge < -0.3 is 23.6 Å². The number of benzene rings is 3. The van der Waals surface area contributed by atoms with Crippen molar-refractivity contribution in [3.8, 4) is 23.0 Å². The monoisotopic (exact) mass is 607 g/mol. The van der Waals surface area contributed by atoms with Crippen LogP contribution in [0.3, 0.4) is 0 Å². The Balaban J connectivity index is 2.05. The maximum absolute atomic E-state index is 14.3. The second kappa shape index (κ2) is 13.8. The Bertz CT molecular complexity index is 1380. The number of hydrogen-bond donors (Lipinski definition) is 1. The van der Waals surface area contributed by atoms with Crippen LogP contribution in [0.15, 0.2) is 71.6 Å². The molecule has 0 fully saturated rings. The third-order valence-electron chi connectivity index (χ3n) is 5.51. The number of methoxy groups -OCH3 is 2. The molecule has 0 amide bonds. The fourth-order valence-electron chi connectivity index (χ4n) is 3.50. The fraction of sp³-hybridized carbons (Fsp3) is 0.240. The summed E-state index contributed by atoms with van der Waals surface area (Å²) < 4.78 is 37.3. The van der Waals surface area contributed by atoms with Crippen molar-refractivity contribution < 1.29 is 42.8 Å². The Morgan fingerprint density at radius 1 is 0.902 bits per heavy atom. The minimum absolute atomic E-state index is 0.00812. The highest BCUT2D eigenvalue weighted by Crippen LogP contribution is 2.52. The van der Waals surface area contributed by atoms with Crippen LogP contribution in [-0.4, -0.2) is 51.8 Å². The molecule has 3 rings (SSSR count). The van der Waals surface area contributed by atoms with Gasteiger partial charge in [0.05, 0.1) is 30.1 Å². The van der Waals surface area contributed by atoms with E-state index >= 15 is 0 Å². The molecular formula is C25H26N3O11PS. The summed E-state index contributed by atoms with van der Waals surface area (Å²) in [6, 6.07) is 13.8. The van der Waals surface area contributed by atoms with Crippen LogP contribution in [0.25, 0.3) is 0 Å². The van der Waals surface area contributed by atoms with Gasteiger partial charge in [-0.3, -0.25) is 25.0 Å². The third-order valence-corrected chi connectivity index (χ3v) is 8.49. The molecule has 218 valence electrons. The van der Waals surface area contributed by atoms with Crippen molar-refractivity contribution in [3.05, 3.63) is 87.0 Å². The molecule has 1 unspecified atom stereocenters. The van der Waals surface area contributed by atoms with Gasteiger partial charge in [0.2, 0.25) is 0 Å². The first-order valence-corrected chi connectivity index (χ1v) is 14.3. The van der Waals surface area contributed by atoms with E-state index in [1.54, 1.807) is 31.2 Å². The Morgan fingerprint density at radius 2 is 1.39 bits per heavy atom. The maximum atomic E-state index is 14.3. The van der Waals surface area contributed by atoms with E-state index in [2.05, 4.69) is 0 Å². The number of nitrogens with zero attached hydrogens (tertiary/aromatic N) is 3. The van der Waals surface area contributed by atoms with Crippen LogP contribution in [0.1, 0.15) is 13.3 Å². The molecule has 0 saturated heterocycles. The number of carboxylic acids is 1. The summed E-state index contributed by atoms with van der Waals surface area (Å²) in [6.07, 6.45) is -0.636. The quantitative estimate of drug-likeness (QED) is 0.0920. The van der Waals surface area contributed by atoms with Crippen LogP contribution < -0.4 is 18.5 Å². The zero-order valence-electron chi connectivity index (χ0n) is 22.1. The molecule has 0 aliphatic heterocycles. The molecule has 3 aromatic rings. The summed E-state index contributed by atoms with van der Waals surface area (Å²) in [7, 11) is -1.35. The summed E-state index contributed by atoms with van der Waals surface area (Å²) in [6.45, 7) is 1.57. The van der Waals surface area contributed by atoms with E-state index in [4.69, 9.17) is 18.5 Å². The van der Waals surface area contributed by atoms with Crippen LogP contribution in [0, 0.1) is 20.2 Å². The first-order chi connectivity index (χ1) is 19.5.